The van der Waals surface area contributed by atoms with Crippen molar-refractivity contribution in [1.29, 1.82) is 0 Å². The Morgan fingerprint density at radius 1 is 1.00 bits per heavy atom. The van der Waals surface area contributed by atoms with E-state index in [1.54, 1.807) is 12.1 Å². The van der Waals surface area contributed by atoms with Crippen LogP contribution < -0.4 is 10.1 Å². The van der Waals surface area contributed by atoms with Crippen LogP contribution in [0.1, 0.15) is 11.1 Å². The molecule has 0 bridgehead atoms. The van der Waals surface area contributed by atoms with E-state index in [1.165, 1.54) is 19.2 Å². The molecule has 2 aromatic rings. The van der Waals surface area contributed by atoms with Gasteiger partial charge in [0.2, 0.25) is 0 Å². The predicted octanol–water partition coefficient (Wildman–Crippen LogP) is 4.77. The van der Waals surface area contributed by atoms with Crippen molar-refractivity contribution < 1.29 is 17.9 Å². The van der Waals surface area contributed by atoms with Gasteiger partial charge in [0.25, 0.3) is 0 Å². The molecule has 2 rings (SSSR count). The maximum absolute atomic E-state index is 13.0. The highest BCUT2D eigenvalue weighted by Crippen LogP contribution is 2.38. The highest BCUT2D eigenvalue weighted by atomic mass is 19.4. The number of anilines is 2. The highest BCUT2D eigenvalue weighted by molar-refractivity contribution is 5.65. The number of nitrogens with one attached hydrogen (secondary N) is 1. The van der Waals surface area contributed by atoms with Crippen LogP contribution in [0.5, 0.6) is 5.75 Å². The molecule has 0 spiro atoms. The van der Waals surface area contributed by atoms with E-state index in [2.05, 4.69) is 5.32 Å². The third-order valence-corrected chi connectivity index (χ3v) is 2.86. The van der Waals surface area contributed by atoms with Gasteiger partial charge in [-0.25, -0.2) is 0 Å². The minimum Gasteiger partial charge on any atom is -0.497 e. The zero-order valence-electron chi connectivity index (χ0n) is 11.1. The standard InChI is InChI=1S/C15H14F3NO/c1-10-3-5-11(6-4-10)19-14-8-7-12(20-2)9-13(14)15(16,17)18/h3-9,19H,1-2H3. The molecule has 0 atom stereocenters. The second kappa shape index (κ2) is 5.45. The predicted molar refractivity (Wildman–Crippen MR) is 72.5 cm³/mol. The Morgan fingerprint density at radius 2 is 1.65 bits per heavy atom. The minimum absolute atomic E-state index is 0.00199. The summed E-state index contributed by atoms with van der Waals surface area (Å²) in [7, 11) is 1.34. The summed E-state index contributed by atoms with van der Waals surface area (Å²) in [5, 5.41) is 2.78. The number of rotatable bonds is 3. The molecule has 0 aliphatic heterocycles. The fraction of sp³-hybridized carbons (Fsp3) is 0.200. The van der Waals surface area contributed by atoms with Crippen LogP contribution in [0.15, 0.2) is 42.5 Å². The summed E-state index contributed by atoms with van der Waals surface area (Å²) in [5.41, 5.74) is 0.896. The molecule has 20 heavy (non-hydrogen) atoms. The molecule has 2 nitrogen and oxygen atoms in total. The first-order valence-electron chi connectivity index (χ1n) is 5.99. The molecule has 106 valence electrons. The molecule has 0 radical (unpaired) electrons. The maximum Gasteiger partial charge on any atom is 0.418 e. The molecule has 0 unspecified atom stereocenters. The van der Waals surface area contributed by atoms with E-state index >= 15 is 0 Å². The number of hydrogen-bond acceptors (Lipinski definition) is 2. The molecule has 0 aliphatic carbocycles. The number of alkyl halides is 3. The van der Waals surface area contributed by atoms with Gasteiger partial charge in [0.1, 0.15) is 5.75 Å². The Hall–Kier alpha value is -2.17. The molecule has 0 aliphatic rings. The molecule has 0 saturated heterocycles. The Kier molecular flexibility index (Phi) is 3.88. The van der Waals surface area contributed by atoms with Crippen molar-refractivity contribution >= 4 is 11.4 Å². The summed E-state index contributed by atoms with van der Waals surface area (Å²) < 4.78 is 44.0. The van der Waals surface area contributed by atoms with Crippen molar-refractivity contribution in [3.8, 4) is 5.75 Å². The second-order valence-corrected chi connectivity index (χ2v) is 4.40. The largest absolute Gasteiger partial charge is 0.497 e. The molecule has 1 N–H and O–H groups in total. The number of halogens is 3. The number of ether oxygens (including phenoxy) is 1. The number of benzene rings is 2. The van der Waals surface area contributed by atoms with Crippen LogP contribution in [0, 0.1) is 6.92 Å². The summed E-state index contributed by atoms with van der Waals surface area (Å²) in [6.07, 6.45) is -4.44. The SMILES string of the molecule is COc1ccc(Nc2ccc(C)cc2)c(C(F)(F)F)c1. The van der Waals surface area contributed by atoms with Crippen LogP contribution in [0.2, 0.25) is 0 Å². The molecule has 0 heterocycles. The van der Waals surface area contributed by atoms with E-state index < -0.39 is 11.7 Å². The van der Waals surface area contributed by atoms with Crippen LogP contribution in [0.4, 0.5) is 24.5 Å². The molecule has 5 heteroatoms. The fourth-order valence-corrected chi connectivity index (χ4v) is 1.79. The van der Waals surface area contributed by atoms with Crippen molar-refractivity contribution in [3.63, 3.8) is 0 Å². The van der Waals surface area contributed by atoms with Gasteiger partial charge < -0.3 is 10.1 Å². The van der Waals surface area contributed by atoms with E-state index in [4.69, 9.17) is 4.74 Å². The van der Waals surface area contributed by atoms with Crippen molar-refractivity contribution in [2.24, 2.45) is 0 Å². The number of hydrogen-bond donors (Lipinski definition) is 1. The molecular formula is C15H14F3NO. The van der Waals surface area contributed by atoms with E-state index in [1.807, 2.05) is 19.1 Å². The average Bonchev–Trinajstić information content (AvgIpc) is 2.40. The van der Waals surface area contributed by atoms with Gasteiger partial charge >= 0.3 is 6.18 Å². The smallest absolute Gasteiger partial charge is 0.418 e. The first-order chi connectivity index (χ1) is 9.40. The van der Waals surface area contributed by atoms with Gasteiger partial charge in [-0.1, -0.05) is 17.7 Å². The molecule has 2 aromatic carbocycles. The van der Waals surface area contributed by atoms with E-state index in [9.17, 15) is 13.2 Å². The number of aryl methyl sites for hydroxylation is 1. The quantitative estimate of drug-likeness (QED) is 0.875. The Balaban J connectivity index is 2.38. The first kappa shape index (κ1) is 14.2. The molecule has 0 saturated carbocycles. The van der Waals surface area contributed by atoms with E-state index in [0.29, 0.717) is 5.69 Å². The van der Waals surface area contributed by atoms with Crippen LogP contribution in [0.25, 0.3) is 0 Å². The molecule has 0 amide bonds. The zero-order valence-corrected chi connectivity index (χ0v) is 11.1. The van der Waals surface area contributed by atoms with Gasteiger partial charge in [0, 0.05) is 5.69 Å². The summed E-state index contributed by atoms with van der Waals surface area (Å²) >= 11 is 0. The van der Waals surface area contributed by atoms with Crippen molar-refractivity contribution in [1.82, 2.24) is 0 Å². The van der Waals surface area contributed by atoms with Gasteiger partial charge in [-0.3, -0.25) is 0 Å². The summed E-state index contributed by atoms with van der Waals surface area (Å²) in [4.78, 5) is 0. The normalized spacial score (nSPS) is 11.2. The van der Waals surface area contributed by atoms with Crippen LogP contribution in [-0.2, 0) is 6.18 Å². The lowest BCUT2D eigenvalue weighted by Gasteiger charge is -2.16. The van der Waals surface area contributed by atoms with Crippen LogP contribution in [0.3, 0.4) is 0 Å². The van der Waals surface area contributed by atoms with Crippen LogP contribution in [-0.4, -0.2) is 7.11 Å². The zero-order chi connectivity index (χ0) is 14.8. The van der Waals surface area contributed by atoms with Gasteiger partial charge in [0.05, 0.1) is 18.4 Å². The monoisotopic (exact) mass is 281 g/mol. The van der Waals surface area contributed by atoms with Gasteiger partial charge in [-0.15, -0.1) is 0 Å². The Labute approximate surface area is 115 Å². The van der Waals surface area contributed by atoms with Crippen LogP contribution >= 0.6 is 0 Å². The average molecular weight is 281 g/mol. The summed E-state index contributed by atoms with van der Waals surface area (Å²) in [6.45, 7) is 1.91. The lowest BCUT2D eigenvalue weighted by Crippen LogP contribution is -2.09. The first-order valence-corrected chi connectivity index (χ1v) is 5.99. The summed E-state index contributed by atoms with van der Waals surface area (Å²) in [5.74, 6) is 0.173. The van der Waals surface area contributed by atoms with Gasteiger partial charge in [-0.2, -0.15) is 13.2 Å². The number of methoxy groups -OCH3 is 1. The Bertz CT molecular complexity index is 591. The van der Waals surface area contributed by atoms with E-state index in [-0.39, 0.29) is 11.4 Å². The van der Waals surface area contributed by atoms with Crippen molar-refractivity contribution in [3.05, 3.63) is 53.6 Å². The lowest BCUT2D eigenvalue weighted by atomic mass is 10.1. The topological polar surface area (TPSA) is 21.3 Å². The maximum atomic E-state index is 13.0. The molecule has 0 aromatic heterocycles. The summed E-state index contributed by atoms with van der Waals surface area (Å²) in [6, 6.07) is 11.0. The molecule has 0 fully saturated rings. The fourth-order valence-electron chi connectivity index (χ4n) is 1.79. The lowest BCUT2D eigenvalue weighted by molar-refractivity contribution is -0.137. The molecular weight excluding hydrogens is 267 g/mol. The van der Waals surface area contributed by atoms with E-state index in [0.717, 1.165) is 11.6 Å². The third kappa shape index (κ3) is 3.23. The van der Waals surface area contributed by atoms with Gasteiger partial charge in [-0.05, 0) is 37.3 Å². The van der Waals surface area contributed by atoms with Crippen molar-refractivity contribution in [2.75, 3.05) is 12.4 Å². The second-order valence-electron chi connectivity index (χ2n) is 4.40. The third-order valence-electron chi connectivity index (χ3n) is 2.86. The van der Waals surface area contributed by atoms with Crippen molar-refractivity contribution in [2.45, 2.75) is 13.1 Å². The Morgan fingerprint density at radius 3 is 2.20 bits per heavy atom. The van der Waals surface area contributed by atoms with Gasteiger partial charge in [0.15, 0.2) is 0 Å². The minimum atomic E-state index is -4.44. The highest BCUT2D eigenvalue weighted by Gasteiger charge is 2.34.